The van der Waals surface area contributed by atoms with E-state index in [1.54, 1.807) is 0 Å². The van der Waals surface area contributed by atoms with E-state index in [1.807, 2.05) is 44.2 Å². The Bertz CT molecular complexity index is 518. The standard InChI is InChI=1S/C17H23NO6.C2H6/c19-15(18-10-12-23-11-9-16(20)21)7-4-8-17(22)24-13-14-5-2-1-3-6-14;1-2/h1-3,5-6H,4,7-13H2,(H,18,19)(H,20,21);1-2H3. The first-order chi connectivity index (χ1) is 12.6. The molecule has 146 valence electrons. The Hall–Kier alpha value is -2.41. The molecule has 0 atom stereocenters. The van der Waals surface area contributed by atoms with E-state index < -0.39 is 5.97 Å². The molecular formula is C19H29NO6. The number of rotatable bonds is 12. The molecule has 0 radical (unpaired) electrons. The zero-order valence-corrected chi connectivity index (χ0v) is 15.5. The van der Waals surface area contributed by atoms with Crippen molar-refractivity contribution in [3.05, 3.63) is 35.9 Å². The van der Waals surface area contributed by atoms with E-state index in [0.717, 1.165) is 5.56 Å². The average Bonchev–Trinajstić information content (AvgIpc) is 2.65. The summed E-state index contributed by atoms with van der Waals surface area (Å²) in [6.45, 7) is 4.94. The first-order valence-electron chi connectivity index (χ1n) is 8.83. The summed E-state index contributed by atoms with van der Waals surface area (Å²) in [6, 6.07) is 9.39. The van der Waals surface area contributed by atoms with Gasteiger partial charge in [0.1, 0.15) is 6.61 Å². The van der Waals surface area contributed by atoms with Crippen LogP contribution in [0, 0.1) is 0 Å². The van der Waals surface area contributed by atoms with Crippen LogP contribution in [0.4, 0.5) is 0 Å². The van der Waals surface area contributed by atoms with Crippen molar-refractivity contribution in [1.82, 2.24) is 5.32 Å². The summed E-state index contributed by atoms with van der Waals surface area (Å²) in [5, 5.41) is 11.1. The van der Waals surface area contributed by atoms with Crippen LogP contribution in [0.3, 0.4) is 0 Å². The fourth-order valence-corrected chi connectivity index (χ4v) is 1.82. The predicted octanol–water partition coefficient (Wildman–Crippen LogP) is 2.53. The third kappa shape index (κ3) is 14.0. The van der Waals surface area contributed by atoms with Gasteiger partial charge in [-0.3, -0.25) is 14.4 Å². The van der Waals surface area contributed by atoms with Crippen LogP contribution in [0.5, 0.6) is 0 Å². The quantitative estimate of drug-likeness (QED) is 0.435. The molecule has 0 saturated carbocycles. The van der Waals surface area contributed by atoms with Gasteiger partial charge in [-0.05, 0) is 12.0 Å². The highest BCUT2D eigenvalue weighted by Crippen LogP contribution is 2.03. The molecular weight excluding hydrogens is 338 g/mol. The molecule has 0 spiro atoms. The molecule has 26 heavy (non-hydrogen) atoms. The smallest absolute Gasteiger partial charge is 0.306 e. The second-order valence-corrected chi connectivity index (χ2v) is 5.11. The van der Waals surface area contributed by atoms with Crippen molar-refractivity contribution >= 4 is 17.8 Å². The minimum atomic E-state index is -0.918. The lowest BCUT2D eigenvalue weighted by Crippen LogP contribution is -2.27. The number of ether oxygens (including phenoxy) is 2. The number of carboxylic acid groups (broad SMARTS) is 1. The van der Waals surface area contributed by atoms with Crippen LogP contribution in [-0.2, 0) is 30.5 Å². The van der Waals surface area contributed by atoms with E-state index in [1.165, 1.54) is 0 Å². The minimum Gasteiger partial charge on any atom is -0.481 e. The highest BCUT2D eigenvalue weighted by atomic mass is 16.5. The molecule has 7 nitrogen and oxygen atoms in total. The zero-order valence-electron chi connectivity index (χ0n) is 15.5. The predicted molar refractivity (Wildman–Crippen MR) is 97.5 cm³/mol. The van der Waals surface area contributed by atoms with Gasteiger partial charge >= 0.3 is 11.9 Å². The van der Waals surface area contributed by atoms with E-state index in [4.69, 9.17) is 14.6 Å². The first-order valence-corrected chi connectivity index (χ1v) is 8.83. The number of carbonyl (C=O) groups excluding carboxylic acids is 2. The number of benzene rings is 1. The highest BCUT2D eigenvalue weighted by Gasteiger charge is 2.06. The van der Waals surface area contributed by atoms with Crippen molar-refractivity contribution in [2.24, 2.45) is 0 Å². The maximum atomic E-state index is 11.6. The molecule has 1 aromatic carbocycles. The molecule has 0 aromatic heterocycles. The third-order valence-electron chi connectivity index (χ3n) is 3.06. The Morgan fingerprint density at radius 2 is 1.69 bits per heavy atom. The summed E-state index contributed by atoms with van der Waals surface area (Å²) in [4.78, 5) is 33.3. The van der Waals surface area contributed by atoms with Crippen LogP contribution in [0.15, 0.2) is 30.3 Å². The fraction of sp³-hybridized carbons (Fsp3) is 0.526. The maximum absolute atomic E-state index is 11.6. The van der Waals surface area contributed by atoms with Gasteiger partial charge in [0.15, 0.2) is 0 Å². The maximum Gasteiger partial charge on any atom is 0.306 e. The van der Waals surface area contributed by atoms with Crippen molar-refractivity contribution in [3.63, 3.8) is 0 Å². The molecule has 0 heterocycles. The summed E-state index contributed by atoms with van der Waals surface area (Å²) < 4.78 is 10.2. The Morgan fingerprint density at radius 3 is 2.35 bits per heavy atom. The molecule has 0 aliphatic carbocycles. The second kappa shape index (κ2) is 16.1. The number of carbonyl (C=O) groups is 3. The summed E-state index contributed by atoms with van der Waals surface area (Å²) in [6.07, 6.45) is 0.781. The molecule has 0 bridgehead atoms. The monoisotopic (exact) mass is 367 g/mol. The molecule has 0 aliphatic heterocycles. The van der Waals surface area contributed by atoms with E-state index in [2.05, 4.69) is 5.32 Å². The normalized spacial score (nSPS) is 9.62. The van der Waals surface area contributed by atoms with Gasteiger partial charge in [-0.2, -0.15) is 0 Å². The Labute approximate surface area is 154 Å². The van der Waals surface area contributed by atoms with Gasteiger partial charge in [0.25, 0.3) is 0 Å². The van der Waals surface area contributed by atoms with Gasteiger partial charge in [0.05, 0.1) is 19.6 Å². The number of carboxylic acids is 1. The Balaban J connectivity index is 0.00000301. The van der Waals surface area contributed by atoms with E-state index in [-0.39, 0.29) is 51.0 Å². The zero-order chi connectivity index (χ0) is 19.6. The largest absolute Gasteiger partial charge is 0.481 e. The summed E-state index contributed by atoms with van der Waals surface area (Å²) >= 11 is 0. The molecule has 0 aliphatic rings. The van der Waals surface area contributed by atoms with Crippen molar-refractivity contribution in [2.75, 3.05) is 19.8 Å². The van der Waals surface area contributed by atoms with Crippen molar-refractivity contribution in [2.45, 2.75) is 46.1 Å². The van der Waals surface area contributed by atoms with E-state index in [9.17, 15) is 14.4 Å². The molecule has 7 heteroatoms. The van der Waals surface area contributed by atoms with Gasteiger partial charge in [-0.15, -0.1) is 0 Å². The van der Waals surface area contributed by atoms with E-state index >= 15 is 0 Å². The minimum absolute atomic E-state index is 0.0565. The number of esters is 1. The molecule has 2 N–H and O–H groups in total. The second-order valence-electron chi connectivity index (χ2n) is 5.11. The van der Waals surface area contributed by atoms with Crippen molar-refractivity contribution in [1.29, 1.82) is 0 Å². The number of nitrogens with one attached hydrogen (secondary N) is 1. The lowest BCUT2D eigenvalue weighted by atomic mass is 10.2. The van der Waals surface area contributed by atoms with Crippen LogP contribution in [-0.4, -0.2) is 42.7 Å². The van der Waals surface area contributed by atoms with Crippen LogP contribution >= 0.6 is 0 Å². The molecule has 0 fully saturated rings. The SMILES string of the molecule is CC.O=C(O)CCOCCNC(=O)CCCC(=O)OCc1ccccc1. The molecule has 1 rings (SSSR count). The van der Waals surface area contributed by atoms with Crippen LogP contribution in [0.25, 0.3) is 0 Å². The van der Waals surface area contributed by atoms with Crippen LogP contribution in [0.2, 0.25) is 0 Å². The first kappa shape index (κ1) is 23.6. The Kier molecular flexibility index (Phi) is 14.6. The van der Waals surface area contributed by atoms with Gasteiger partial charge in [-0.25, -0.2) is 0 Å². The van der Waals surface area contributed by atoms with Crippen molar-refractivity contribution in [3.8, 4) is 0 Å². The summed E-state index contributed by atoms with van der Waals surface area (Å²) in [5.41, 5.74) is 0.923. The van der Waals surface area contributed by atoms with Crippen LogP contribution < -0.4 is 5.32 Å². The van der Waals surface area contributed by atoms with Gasteiger partial charge in [-0.1, -0.05) is 44.2 Å². The van der Waals surface area contributed by atoms with Crippen molar-refractivity contribution < 1.29 is 29.0 Å². The number of amides is 1. The summed E-state index contributed by atoms with van der Waals surface area (Å²) in [5.74, 6) is -1.42. The number of aliphatic carboxylic acids is 1. The summed E-state index contributed by atoms with van der Waals surface area (Å²) in [7, 11) is 0. The van der Waals surface area contributed by atoms with Crippen LogP contribution in [0.1, 0.15) is 45.1 Å². The van der Waals surface area contributed by atoms with Gasteiger partial charge in [0.2, 0.25) is 5.91 Å². The van der Waals surface area contributed by atoms with Gasteiger partial charge in [0, 0.05) is 19.4 Å². The average molecular weight is 367 g/mol. The molecule has 0 saturated heterocycles. The number of hydrogen-bond donors (Lipinski definition) is 2. The Morgan fingerprint density at radius 1 is 1.00 bits per heavy atom. The fourth-order valence-electron chi connectivity index (χ4n) is 1.82. The topological polar surface area (TPSA) is 102 Å². The lowest BCUT2D eigenvalue weighted by molar-refractivity contribution is -0.145. The molecule has 1 aromatic rings. The van der Waals surface area contributed by atoms with E-state index in [0.29, 0.717) is 13.0 Å². The molecule has 1 amide bonds. The third-order valence-corrected chi connectivity index (χ3v) is 3.06. The highest BCUT2D eigenvalue weighted by molar-refractivity contribution is 5.77. The number of hydrogen-bond acceptors (Lipinski definition) is 5. The lowest BCUT2D eigenvalue weighted by Gasteiger charge is -2.06. The molecule has 0 unspecified atom stereocenters. The van der Waals surface area contributed by atoms with Gasteiger partial charge < -0.3 is 19.9 Å².